The van der Waals surface area contributed by atoms with Gasteiger partial charge < -0.3 is 23.6 Å². The normalized spacial score (nSPS) is 10.9. The summed E-state index contributed by atoms with van der Waals surface area (Å²) < 4.78 is 22.4. The molecule has 0 saturated carbocycles. The Kier molecular flexibility index (Phi) is 4.01. The highest BCUT2D eigenvalue weighted by Gasteiger charge is 2.18. The molecule has 3 aromatic heterocycles. The lowest BCUT2D eigenvalue weighted by atomic mass is 10.1. The smallest absolute Gasteiger partial charge is 0.203 e. The van der Waals surface area contributed by atoms with Gasteiger partial charge in [0.1, 0.15) is 11.3 Å². The molecule has 0 bridgehead atoms. The summed E-state index contributed by atoms with van der Waals surface area (Å²) in [6.45, 7) is 0. The molecule has 6 heteroatoms. The topological polar surface area (TPSA) is 69.5 Å². The molecule has 0 radical (unpaired) electrons. The summed E-state index contributed by atoms with van der Waals surface area (Å²) in [5.74, 6) is 2.36. The maximum absolute atomic E-state index is 6.15. The Hall–Kier alpha value is -3.41. The first-order valence-electron chi connectivity index (χ1n) is 8.07. The molecule has 0 saturated heterocycles. The number of ether oxygens (including phenoxy) is 3. The van der Waals surface area contributed by atoms with Crippen LogP contribution in [0.4, 0.5) is 0 Å². The quantitative estimate of drug-likeness (QED) is 0.573. The van der Waals surface area contributed by atoms with Crippen LogP contribution in [0.1, 0.15) is 0 Å². The van der Waals surface area contributed by atoms with Crippen LogP contribution in [0.15, 0.2) is 53.3 Å². The molecule has 4 rings (SSSR count). The monoisotopic (exact) mass is 350 g/mol. The number of hydrogen-bond donors (Lipinski definition) is 1. The molecule has 6 nitrogen and oxygen atoms in total. The minimum Gasteiger partial charge on any atom is -0.493 e. The van der Waals surface area contributed by atoms with Crippen LogP contribution in [0.25, 0.3) is 33.6 Å². The van der Waals surface area contributed by atoms with Gasteiger partial charge in [0.05, 0.1) is 21.3 Å². The summed E-state index contributed by atoms with van der Waals surface area (Å²) >= 11 is 0. The van der Waals surface area contributed by atoms with Crippen LogP contribution in [0, 0.1) is 0 Å². The zero-order chi connectivity index (χ0) is 18.1. The van der Waals surface area contributed by atoms with Crippen LogP contribution in [-0.4, -0.2) is 31.3 Å². The molecule has 0 unspecified atom stereocenters. The van der Waals surface area contributed by atoms with Gasteiger partial charge in [0, 0.05) is 41.3 Å². The second-order valence-electron chi connectivity index (χ2n) is 5.70. The van der Waals surface area contributed by atoms with Crippen LogP contribution in [0.3, 0.4) is 0 Å². The Morgan fingerprint density at radius 1 is 0.923 bits per heavy atom. The van der Waals surface area contributed by atoms with Crippen molar-refractivity contribution >= 4 is 11.1 Å². The lowest BCUT2D eigenvalue weighted by Gasteiger charge is -2.13. The summed E-state index contributed by atoms with van der Waals surface area (Å²) in [4.78, 5) is 7.49. The molecule has 0 fully saturated rings. The van der Waals surface area contributed by atoms with Gasteiger partial charge in [-0.25, -0.2) is 0 Å². The van der Waals surface area contributed by atoms with Crippen molar-refractivity contribution in [3.8, 4) is 39.7 Å². The highest BCUT2D eigenvalue weighted by atomic mass is 16.5. The van der Waals surface area contributed by atoms with Crippen LogP contribution >= 0.6 is 0 Å². The zero-order valence-electron chi connectivity index (χ0n) is 14.7. The van der Waals surface area contributed by atoms with E-state index in [0.717, 1.165) is 27.8 Å². The number of H-pyrrole nitrogens is 1. The number of benzene rings is 1. The number of nitrogens with one attached hydrogen (secondary N) is 1. The van der Waals surface area contributed by atoms with Gasteiger partial charge in [0.25, 0.3) is 0 Å². The lowest BCUT2D eigenvalue weighted by molar-refractivity contribution is 0.324. The number of aromatic amines is 1. The molecular formula is C20H18N2O4. The van der Waals surface area contributed by atoms with Gasteiger partial charge in [-0.3, -0.25) is 4.98 Å². The second-order valence-corrected chi connectivity index (χ2v) is 5.70. The fraction of sp³-hybridized carbons (Fsp3) is 0.150. The van der Waals surface area contributed by atoms with E-state index >= 15 is 0 Å². The summed E-state index contributed by atoms with van der Waals surface area (Å²) in [6, 6.07) is 9.56. The largest absolute Gasteiger partial charge is 0.493 e. The van der Waals surface area contributed by atoms with Crippen LogP contribution in [0.5, 0.6) is 17.2 Å². The van der Waals surface area contributed by atoms with Crippen molar-refractivity contribution in [1.82, 2.24) is 9.97 Å². The maximum Gasteiger partial charge on any atom is 0.203 e. The van der Waals surface area contributed by atoms with Gasteiger partial charge >= 0.3 is 0 Å². The number of rotatable bonds is 5. The highest BCUT2D eigenvalue weighted by molar-refractivity contribution is 5.92. The highest BCUT2D eigenvalue weighted by Crippen LogP contribution is 2.42. The van der Waals surface area contributed by atoms with Crippen LogP contribution in [-0.2, 0) is 0 Å². The predicted octanol–water partition coefficient (Wildman–Crippen LogP) is 4.52. The van der Waals surface area contributed by atoms with Gasteiger partial charge in [0.15, 0.2) is 17.1 Å². The molecule has 132 valence electrons. The van der Waals surface area contributed by atoms with E-state index in [9.17, 15) is 0 Å². The first-order valence-corrected chi connectivity index (χ1v) is 8.07. The number of pyridine rings is 1. The Balaban J connectivity index is 1.89. The van der Waals surface area contributed by atoms with E-state index in [2.05, 4.69) is 9.97 Å². The van der Waals surface area contributed by atoms with E-state index in [1.54, 1.807) is 27.5 Å². The van der Waals surface area contributed by atoms with Gasteiger partial charge in [0.2, 0.25) is 5.75 Å². The third kappa shape index (κ3) is 2.56. The van der Waals surface area contributed by atoms with E-state index in [1.165, 1.54) is 0 Å². The summed E-state index contributed by atoms with van der Waals surface area (Å²) in [5, 5.41) is 0. The minimum atomic E-state index is 0.543. The summed E-state index contributed by atoms with van der Waals surface area (Å²) in [5.41, 5.74) is 4.36. The first kappa shape index (κ1) is 16.1. The second kappa shape index (κ2) is 6.48. The molecule has 1 aromatic carbocycles. The summed E-state index contributed by atoms with van der Waals surface area (Å²) in [7, 11) is 4.75. The van der Waals surface area contributed by atoms with Crippen molar-refractivity contribution in [3.63, 3.8) is 0 Å². The molecule has 1 N–H and O–H groups in total. The molecule has 26 heavy (non-hydrogen) atoms. The summed E-state index contributed by atoms with van der Waals surface area (Å²) in [6.07, 6.45) is 5.58. The predicted molar refractivity (Wildman–Crippen MR) is 98.9 cm³/mol. The molecule has 3 heterocycles. The Morgan fingerprint density at radius 3 is 2.31 bits per heavy atom. The zero-order valence-corrected chi connectivity index (χ0v) is 14.7. The van der Waals surface area contributed by atoms with Crippen molar-refractivity contribution < 1.29 is 18.6 Å². The van der Waals surface area contributed by atoms with Gasteiger partial charge in [-0.2, -0.15) is 0 Å². The molecule has 0 aliphatic carbocycles. The number of methoxy groups -OCH3 is 3. The van der Waals surface area contributed by atoms with Crippen molar-refractivity contribution in [2.75, 3.05) is 21.3 Å². The third-order valence-electron chi connectivity index (χ3n) is 4.27. The van der Waals surface area contributed by atoms with Gasteiger partial charge in [-0.05, 0) is 24.3 Å². The van der Waals surface area contributed by atoms with Crippen molar-refractivity contribution in [3.05, 3.63) is 48.9 Å². The standard InChI is InChI=1S/C20H18N2O4/c1-23-17-8-13(9-18(24-2)20(17)25-3)16-10-15-19(26-16)14(5-7-22-15)12-4-6-21-11-12/h4-11,21H,1-3H3. The van der Waals surface area contributed by atoms with Crippen molar-refractivity contribution in [2.24, 2.45) is 0 Å². The number of aromatic nitrogens is 2. The molecule has 0 aliphatic heterocycles. The van der Waals surface area contributed by atoms with E-state index in [4.69, 9.17) is 18.6 Å². The molecule has 0 spiro atoms. The van der Waals surface area contributed by atoms with Crippen molar-refractivity contribution in [1.29, 1.82) is 0 Å². The Morgan fingerprint density at radius 2 is 1.69 bits per heavy atom. The average Bonchev–Trinajstić information content (AvgIpc) is 3.35. The van der Waals surface area contributed by atoms with Crippen LogP contribution < -0.4 is 14.2 Å². The Bertz CT molecular complexity index is 1030. The lowest BCUT2D eigenvalue weighted by Crippen LogP contribution is -1.95. The van der Waals surface area contributed by atoms with E-state index in [-0.39, 0.29) is 0 Å². The van der Waals surface area contributed by atoms with E-state index in [1.807, 2.05) is 42.7 Å². The number of furan rings is 1. The van der Waals surface area contributed by atoms with Crippen LogP contribution in [0.2, 0.25) is 0 Å². The SMILES string of the molecule is COc1cc(-c2cc3nccc(-c4cc[nH]c4)c3o2)cc(OC)c1OC. The molecule has 0 atom stereocenters. The molecule has 4 aromatic rings. The van der Waals surface area contributed by atoms with E-state index in [0.29, 0.717) is 23.0 Å². The average molecular weight is 350 g/mol. The third-order valence-corrected chi connectivity index (χ3v) is 4.27. The Labute approximate surface area is 150 Å². The number of hydrogen-bond acceptors (Lipinski definition) is 5. The minimum absolute atomic E-state index is 0.543. The van der Waals surface area contributed by atoms with Gasteiger partial charge in [-0.15, -0.1) is 0 Å². The maximum atomic E-state index is 6.15. The first-order chi connectivity index (χ1) is 12.7. The van der Waals surface area contributed by atoms with Crippen molar-refractivity contribution in [2.45, 2.75) is 0 Å². The van der Waals surface area contributed by atoms with Gasteiger partial charge in [-0.1, -0.05) is 0 Å². The number of fused-ring (bicyclic) bond motifs is 1. The fourth-order valence-corrected chi connectivity index (χ4v) is 3.02. The van der Waals surface area contributed by atoms with E-state index < -0.39 is 0 Å². The molecule has 0 amide bonds. The molecular weight excluding hydrogens is 332 g/mol. The molecule has 0 aliphatic rings. The number of nitrogens with zero attached hydrogens (tertiary/aromatic N) is 1. The fourth-order valence-electron chi connectivity index (χ4n) is 3.02.